The van der Waals surface area contributed by atoms with Crippen LogP contribution in [0.1, 0.15) is 58.1 Å². The Balaban J connectivity index is 1.41. The van der Waals surface area contributed by atoms with E-state index < -0.39 is 29.2 Å². The SMILES string of the molecule is CCOc1cccc(CN2[C@H]3CCn4c(nc5cc(C(=O)OC)ccc54)[C@H]3[C@H](c3cccc(Cl)c3F)[C@]23C(=O)Nc2cc(Cl)ccc23)c1. The molecule has 1 amide bonds. The van der Waals surface area contributed by atoms with Gasteiger partial charge in [0.25, 0.3) is 0 Å². The van der Waals surface area contributed by atoms with Crippen molar-refractivity contribution >= 4 is 51.8 Å². The molecular weight excluding hydrogens is 654 g/mol. The Kier molecular flexibility index (Phi) is 7.47. The summed E-state index contributed by atoms with van der Waals surface area (Å²) in [5.74, 6) is -1.04. The highest BCUT2D eigenvalue weighted by molar-refractivity contribution is 6.31. The molecule has 3 aliphatic heterocycles. The second-order valence-corrected chi connectivity index (χ2v) is 13.3. The van der Waals surface area contributed by atoms with Crippen molar-refractivity contribution in [2.75, 3.05) is 19.0 Å². The summed E-state index contributed by atoms with van der Waals surface area (Å²) >= 11 is 12.9. The fraction of sp³-hybridized carbons (Fsp3) is 0.270. The predicted octanol–water partition coefficient (Wildman–Crippen LogP) is 7.67. The zero-order chi connectivity index (χ0) is 33.3. The Morgan fingerprint density at radius 2 is 1.92 bits per heavy atom. The molecule has 48 heavy (non-hydrogen) atoms. The number of rotatable bonds is 6. The Labute approximate surface area is 286 Å². The third kappa shape index (κ3) is 4.48. The van der Waals surface area contributed by atoms with Crippen LogP contribution in [0.4, 0.5) is 10.1 Å². The van der Waals surface area contributed by atoms with Crippen molar-refractivity contribution in [2.24, 2.45) is 0 Å². The number of fused-ring (bicyclic) bond motifs is 7. The van der Waals surface area contributed by atoms with E-state index >= 15 is 4.39 Å². The molecule has 1 fully saturated rings. The summed E-state index contributed by atoms with van der Waals surface area (Å²) in [7, 11) is 1.34. The highest BCUT2D eigenvalue weighted by Gasteiger charge is 2.68. The maximum Gasteiger partial charge on any atom is 0.337 e. The van der Waals surface area contributed by atoms with Gasteiger partial charge < -0.3 is 19.4 Å². The number of likely N-dealkylation sites (tertiary alicyclic amines) is 1. The van der Waals surface area contributed by atoms with Crippen molar-refractivity contribution in [3.63, 3.8) is 0 Å². The third-order valence-electron chi connectivity index (χ3n) is 10.1. The van der Waals surface area contributed by atoms with Gasteiger partial charge in [-0.15, -0.1) is 0 Å². The highest BCUT2D eigenvalue weighted by atomic mass is 35.5. The molecular formula is C37H31Cl2FN4O4. The molecule has 4 aromatic carbocycles. The molecule has 4 atom stereocenters. The van der Waals surface area contributed by atoms with Gasteiger partial charge in [0, 0.05) is 47.2 Å². The zero-order valence-corrected chi connectivity index (χ0v) is 27.7. The van der Waals surface area contributed by atoms with E-state index in [1.807, 2.05) is 43.3 Å². The van der Waals surface area contributed by atoms with Gasteiger partial charge >= 0.3 is 5.97 Å². The number of nitrogens with one attached hydrogen (secondary N) is 1. The van der Waals surface area contributed by atoms with Crippen LogP contribution in [-0.2, 0) is 28.2 Å². The number of ether oxygens (including phenoxy) is 2. The Hall–Kier alpha value is -4.44. The first-order chi connectivity index (χ1) is 23.3. The van der Waals surface area contributed by atoms with E-state index in [2.05, 4.69) is 14.8 Å². The van der Waals surface area contributed by atoms with Gasteiger partial charge in [-0.05, 0) is 73.0 Å². The molecule has 1 saturated heterocycles. The number of benzene rings is 4. The molecule has 0 saturated carbocycles. The lowest BCUT2D eigenvalue weighted by Gasteiger charge is -2.40. The second-order valence-electron chi connectivity index (χ2n) is 12.4. The smallest absolute Gasteiger partial charge is 0.337 e. The number of aryl methyl sites for hydroxylation is 1. The number of hydrogen-bond donors (Lipinski definition) is 1. The maximum atomic E-state index is 16.5. The van der Waals surface area contributed by atoms with Crippen LogP contribution in [-0.4, -0.2) is 46.1 Å². The number of halogens is 3. The molecule has 11 heteroatoms. The molecule has 0 radical (unpaired) electrons. The average molecular weight is 686 g/mol. The molecule has 244 valence electrons. The average Bonchev–Trinajstić information content (AvgIpc) is 3.69. The summed E-state index contributed by atoms with van der Waals surface area (Å²) < 4.78 is 29.4. The molecule has 1 N–H and O–H groups in total. The lowest BCUT2D eigenvalue weighted by Crippen LogP contribution is -2.51. The summed E-state index contributed by atoms with van der Waals surface area (Å²) in [6, 6.07) is 23.3. The van der Waals surface area contributed by atoms with Crippen molar-refractivity contribution in [2.45, 2.75) is 49.9 Å². The summed E-state index contributed by atoms with van der Waals surface area (Å²) in [6.07, 6.45) is 0.656. The van der Waals surface area contributed by atoms with Gasteiger partial charge in [-0.1, -0.05) is 53.5 Å². The van der Waals surface area contributed by atoms with E-state index in [9.17, 15) is 9.59 Å². The quantitative estimate of drug-likeness (QED) is 0.185. The fourth-order valence-electron chi connectivity index (χ4n) is 8.32. The first-order valence-corrected chi connectivity index (χ1v) is 16.6. The van der Waals surface area contributed by atoms with Gasteiger partial charge in [-0.2, -0.15) is 0 Å². The minimum atomic E-state index is -1.35. The number of anilines is 1. The Morgan fingerprint density at radius 1 is 1.08 bits per heavy atom. The van der Waals surface area contributed by atoms with E-state index in [1.54, 1.807) is 36.4 Å². The number of imidazole rings is 1. The van der Waals surface area contributed by atoms with Crippen LogP contribution in [0.2, 0.25) is 10.0 Å². The van der Waals surface area contributed by atoms with Crippen molar-refractivity contribution < 1.29 is 23.5 Å². The molecule has 8 rings (SSSR count). The molecule has 0 aliphatic carbocycles. The topological polar surface area (TPSA) is 85.7 Å². The Morgan fingerprint density at radius 3 is 2.73 bits per heavy atom. The maximum absolute atomic E-state index is 16.5. The predicted molar refractivity (Wildman–Crippen MR) is 181 cm³/mol. The summed E-state index contributed by atoms with van der Waals surface area (Å²) in [4.78, 5) is 34.6. The first kappa shape index (κ1) is 30.9. The summed E-state index contributed by atoms with van der Waals surface area (Å²) in [5.41, 5.74) is 3.08. The van der Waals surface area contributed by atoms with Gasteiger partial charge in [0.15, 0.2) is 0 Å². The molecule has 3 aliphatic rings. The number of aromatic nitrogens is 2. The van der Waals surface area contributed by atoms with Gasteiger partial charge in [-0.25, -0.2) is 14.2 Å². The normalized spacial score (nSPS) is 22.8. The van der Waals surface area contributed by atoms with Crippen molar-refractivity contribution in [1.29, 1.82) is 0 Å². The minimum absolute atomic E-state index is 0.0242. The molecule has 0 unspecified atom stereocenters. The molecule has 5 aromatic rings. The van der Waals surface area contributed by atoms with E-state index in [4.69, 9.17) is 37.7 Å². The van der Waals surface area contributed by atoms with Gasteiger partial charge in [0.1, 0.15) is 22.9 Å². The van der Waals surface area contributed by atoms with Crippen LogP contribution in [0.15, 0.2) is 78.9 Å². The van der Waals surface area contributed by atoms with Crippen LogP contribution < -0.4 is 10.1 Å². The van der Waals surface area contributed by atoms with E-state index in [-0.39, 0.29) is 17.0 Å². The first-order valence-electron chi connectivity index (χ1n) is 15.9. The molecule has 1 spiro atoms. The molecule has 1 aromatic heterocycles. The fourth-order valence-corrected chi connectivity index (χ4v) is 8.67. The number of hydrogen-bond acceptors (Lipinski definition) is 6. The van der Waals surface area contributed by atoms with Crippen LogP contribution in [0.5, 0.6) is 5.75 Å². The van der Waals surface area contributed by atoms with Gasteiger partial charge in [-0.3, -0.25) is 9.69 Å². The number of carbonyl (C=O) groups is 2. The second kappa shape index (κ2) is 11.6. The number of nitrogens with zero attached hydrogens (tertiary/aromatic N) is 3. The number of esters is 1. The van der Waals surface area contributed by atoms with E-state index in [0.29, 0.717) is 64.9 Å². The van der Waals surface area contributed by atoms with E-state index in [0.717, 1.165) is 16.8 Å². The zero-order valence-electron chi connectivity index (χ0n) is 26.2. The van der Waals surface area contributed by atoms with Crippen molar-refractivity contribution in [3.05, 3.63) is 123 Å². The van der Waals surface area contributed by atoms with Crippen LogP contribution in [0.3, 0.4) is 0 Å². The van der Waals surface area contributed by atoms with Crippen molar-refractivity contribution in [3.8, 4) is 5.75 Å². The van der Waals surface area contributed by atoms with Crippen LogP contribution in [0, 0.1) is 5.82 Å². The highest BCUT2D eigenvalue weighted by Crippen LogP contribution is 2.64. The van der Waals surface area contributed by atoms with E-state index in [1.165, 1.54) is 13.2 Å². The summed E-state index contributed by atoms with van der Waals surface area (Å²) in [6.45, 7) is 3.44. The number of carbonyl (C=O) groups excluding carboxylic acids is 2. The lowest BCUT2D eigenvalue weighted by atomic mass is 9.70. The molecule has 0 bridgehead atoms. The monoisotopic (exact) mass is 684 g/mol. The Bertz CT molecular complexity index is 2140. The summed E-state index contributed by atoms with van der Waals surface area (Å²) in [5, 5.41) is 3.57. The minimum Gasteiger partial charge on any atom is -0.494 e. The van der Waals surface area contributed by atoms with Crippen molar-refractivity contribution in [1.82, 2.24) is 14.5 Å². The van der Waals surface area contributed by atoms with Gasteiger partial charge in [0.05, 0.1) is 35.3 Å². The number of amides is 1. The largest absolute Gasteiger partial charge is 0.494 e. The molecule has 8 nitrogen and oxygen atoms in total. The molecule has 4 heterocycles. The standard InChI is InChI=1S/C37H31Cl2FN4O4/c1-3-48-23-7-4-6-20(16-23)19-44-30-14-15-43-29-13-10-21(35(45)47-2)17-28(29)41-34(43)31(30)32(24-8-5-9-26(39)33(24)40)37(44)25-12-11-22(38)18-27(25)42-36(37)46/h4-13,16-18,30-32H,3,14-15,19H2,1-2H3,(H,42,46)/t30-,31+,32-,37+/m0/s1. The number of methoxy groups -OCH3 is 1. The van der Waals surface area contributed by atoms with Crippen LogP contribution >= 0.6 is 23.2 Å². The third-order valence-corrected chi connectivity index (χ3v) is 10.6. The lowest BCUT2D eigenvalue weighted by molar-refractivity contribution is -0.128. The van der Waals surface area contributed by atoms with Crippen LogP contribution in [0.25, 0.3) is 11.0 Å². The van der Waals surface area contributed by atoms with Gasteiger partial charge in [0.2, 0.25) is 5.91 Å².